The first kappa shape index (κ1) is 39.2. The molecule has 0 fully saturated rings. The molecule has 0 bridgehead atoms. The largest absolute Gasteiger partial charge is 0.481 e. The third-order valence-electron chi connectivity index (χ3n) is 8.82. The summed E-state index contributed by atoms with van der Waals surface area (Å²) in [6, 6.07) is 0. The normalized spacial score (nSPS) is 12.4. The molecule has 0 aliphatic carbocycles. The zero-order chi connectivity index (χ0) is 29.2. The van der Waals surface area contributed by atoms with E-state index in [0.717, 1.165) is 25.7 Å². The molecule has 1 unspecified atom stereocenters. The quantitative estimate of drug-likeness (QED) is 0.0625. The Morgan fingerprint density at radius 2 is 0.675 bits per heavy atom. The van der Waals surface area contributed by atoms with Crippen molar-refractivity contribution in [2.45, 2.75) is 219 Å². The molecule has 0 spiro atoms. The number of hydrogen-bond acceptors (Lipinski definition) is 1. The first-order valence-electron chi connectivity index (χ1n) is 18.6. The molecule has 0 heterocycles. The van der Waals surface area contributed by atoms with E-state index >= 15 is 0 Å². The molecule has 0 rings (SSSR count). The lowest BCUT2D eigenvalue weighted by Crippen LogP contribution is -2.13. The van der Waals surface area contributed by atoms with E-state index in [1.54, 1.807) is 0 Å². The molecule has 238 valence electrons. The zero-order valence-corrected chi connectivity index (χ0v) is 27.7. The summed E-state index contributed by atoms with van der Waals surface area (Å²) in [4.78, 5) is 11.7. The summed E-state index contributed by atoms with van der Waals surface area (Å²) in [5.74, 6) is -0.665. The summed E-state index contributed by atoms with van der Waals surface area (Å²) in [6.07, 6.45) is 46.8. The van der Waals surface area contributed by atoms with E-state index in [1.165, 1.54) is 180 Å². The Bertz CT molecular complexity index is 512. The summed E-state index contributed by atoms with van der Waals surface area (Å²) in [7, 11) is 0. The maximum atomic E-state index is 11.7. The number of hydrogen-bond donors (Lipinski definition) is 1. The van der Waals surface area contributed by atoms with Gasteiger partial charge in [0.25, 0.3) is 0 Å². The standard InChI is InChI=1S/C38H74O2/c1-3-5-7-9-11-13-15-17-19-21-23-25-27-29-31-33-35-37(38(39)40)36-34-32-30-28-26-24-22-20-18-16-14-12-10-8-6-4-2/h13,15,37H,3-12,14,16-36H2,1-2H3,(H,39,40). The van der Waals surface area contributed by atoms with Crippen LogP contribution in [0.5, 0.6) is 0 Å². The molecule has 0 aromatic heterocycles. The van der Waals surface area contributed by atoms with Crippen molar-refractivity contribution in [3.8, 4) is 0 Å². The first-order valence-corrected chi connectivity index (χ1v) is 18.6. The van der Waals surface area contributed by atoms with Crippen LogP contribution in [0.1, 0.15) is 219 Å². The molecule has 0 saturated carbocycles. The minimum Gasteiger partial charge on any atom is -0.481 e. The minimum absolute atomic E-state index is 0.105. The van der Waals surface area contributed by atoms with E-state index in [2.05, 4.69) is 26.0 Å². The first-order chi connectivity index (χ1) is 19.7. The summed E-state index contributed by atoms with van der Waals surface area (Å²) in [5.41, 5.74) is 0. The molecule has 0 aromatic rings. The molecule has 0 amide bonds. The van der Waals surface area contributed by atoms with Crippen molar-refractivity contribution < 1.29 is 9.90 Å². The van der Waals surface area contributed by atoms with E-state index < -0.39 is 5.97 Å². The molecule has 2 heteroatoms. The van der Waals surface area contributed by atoms with Gasteiger partial charge >= 0.3 is 5.97 Å². The molecular formula is C38H74O2. The second-order valence-corrected chi connectivity index (χ2v) is 12.9. The van der Waals surface area contributed by atoms with Crippen LogP contribution in [0.15, 0.2) is 12.2 Å². The summed E-state index contributed by atoms with van der Waals surface area (Å²) >= 11 is 0. The van der Waals surface area contributed by atoms with Crippen molar-refractivity contribution in [2.75, 3.05) is 0 Å². The van der Waals surface area contributed by atoms with Gasteiger partial charge in [-0.15, -0.1) is 0 Å². The monoisotopic (exact) mass is 563 g/mol. The van der Waals surface area contributed by atoms with Crippen molar-refractivity contribution in [1.82, 2.24) is 0 Å². The van der Waals surface area contributed by atoms with Crippen LogP contribution in [0, 0.1) is 5.92 Å². The van der Waals surface area contributed by atoms with Crippen LogP contribution in [-0.4, -0.2) is 11.1 Å². The lowest BCUT2D eigenvalue weighted by atomic mass is 9.94. The highest BCUT2D eigenvalue weighted by Gasteiger charge is 2.16. The fourth-order valence-electron chi connectivity index (χ4n) is 5.97. The molecule has 0 aliphatic heterocycles. The summed E-state index contributed by atoms with van der Waals surface area (Å²) in [5, 5.41) is 9.62. The maximum absolute atomic E-state index is 11.7. The number of carboxylic acid groups (broad SMARTS) is 1. The third kappa shape index (κ3) is 31.7. The molecule has 0 radical (unpaired) electrons. The Hall–Kier alpha value is -0.790. The lowest BCUT2D eigenvalue weighted by Gasteiger charge is -2.12. The van der Waals surface area contributed by atoms with Gasteiger partial charge in [0.05, 0.1) is 5.92 Å². The van der Waals surface area contributed by atoms with Gasteiger partial charge in [-0.05, 0) is 38.5 Å². The van der Waals surface area contributed by atoms with Crippen molar-refractivity contribution in [2.24, 2.45) is 5.92 Å². The Morgan fingerprint density at radius 3 is 0.975 bits per heavy atom. The van der Waals surface area contributed by atoms with Gasteiger partial charge in [-0.3, -0.25) is 4.79 Å². The average Bonchev–Trinajstić information content (AvgIpc) is 2.95. The predicted octanol–water partition coefficient (Wildman–Crippen LogP) is 13.8. The number of aliphatic carboxylic acids is 1. The maximum Gasteiger partial charge on any atom is 0.306 e. The summed E-state index contributed by atoms with van der Waals surface area (Å²) < 4.78 is 0. The van der Waals surface area contributed by atoms with E-state index in [0.29, 0.717) is 0 Å². The number of carbonyl (C=O) groups is 1. The molecule has 1 atom stereocenters. The number of unbranched alkanes of at least 4 members (excludes halogenated alkanes) is 27. The van der Waals surface area contributed by atoms with Crippen molar-refractivity contribution >= 4 is 5.97 Å². The van der Waals surface area contributed by atoms with E-state index in [4.69, 9.17) is 0 Å². The van der Waals surface area contributed by atoms with E-state index in [1.807, 2.05) is 0 Å². The molecular weight excluding hydrogens is 488 g/mol. The van der Waals surface area contributed by atoms with Gasteiger partial charge in [0.1, 0.15) is 0 Å². The van der Waals surface area contributed by atoms with Gasteiger partial charge in [0.15, 0.2) is 0 Å². The highest BCUT2D eigenvalue weighted by Crippen LogP contribution is 2.20. The van der Waals surface area contributed by atoms with Crippen molar-refractivity contribution in [1.29, 1.82) is 0 Å². The van der Waals surface area contributed by atoms with Gasteiger partial charge < -0.3 is 5.11 Å². The van der Waals surface area contributed by atoms with Crippen molar-refractivity contribution in [3.63, 3.8) is 0 Å². The van der Waals surface area contributed by atoms with Gasteiger partial charge in [-0.25, -0.2) is 0 Å². The van der Waals surface area contributed by atoms with Gasteiger partial charge in [0, 0.05) is 0 Å². The number of carboxylic acids is 1. The van der Waals surface area contributed by atoms with Crippen LogP contribution in [-0.2, 0) is 4.79 Å². The van der Waals surface area contributed by atoms with E-state index in [-0.39, 0.29) is 5.92 Å². The Balaban J connectivity index is 3.41. The van der Waals surface area contributed by atoms with Crippen LogP contribution in [0.3, 0.4) is 0 Å². The molecule has 2 nitrogen and oxygen atoms in total. The molecule has 1 N–H and O–H groups in total. The second kappa shape index (κ2) is 34.4. The lowest BCUT2D eigenvalue weighted by molar-refractivity contribution is -0.142. The molecule has 40 heavy (non-hydrogen) atoms. The highest BCUT2D eigenvalue weighted by molar-refractivity contribution is 5.69. The Morgan fingerprint density at radius 1 is 0.425 bits per heavy atom. The SMILES string of the molecule is CCCCCCC=CCCCCCCCCCCC(CCCCCCCCCCCCCCCCCC)C(=O)O. The highest BCUT2D eigenvalue weighted by atomic mass is 16.4. The zero-order valence-electron chi connectivity index (χ0n) is 27.7. The molecule has 0 aromatic carbocycles. The van der Waals surface area contributed by atoms with Crippen LogP contribution in [0.4, 0.5) is 0 Å². The number of allylic oxidation sites excluding steroid dienone is 2. The predicted molar refractivity (Wildman–Crippen MR) is 179 cm³/mol. The summed E-state index contributed by atoms with van der Waals surface area (Å²) in [6.45, 7) is 4.56. The van der Waals surface area contributed by atoms with Crippen LogP contribution in [0.2, 0.25) is 0 Å². The second-order valence-electron chi connectivity index (χ2n) is 12.9. The topological polar surface area (TPSA) is 37.3 Å². The molecule has 0 aliphatic rings. The van der Waals surface area contributed by atoms with Crippen LogP contribution < -0.4 is 0 Å². The fourth-order valence-corrected chi connectivity index (χ4v) is 5.97. The number of rotatable bonds is 34. The fraction of sp³-hybridized carbons (Fsp3) is 0.921. The Labute approximate surface area is 253 Å². The van der Waals surface area contributed by atoms with Crippen LogP contribution >= 0.6 is 0 Å². The van der Waals surface area contributed by atoms with Gasteiger partial charge in [-0.2, -0.15) is 0 Å². The van der Waals surface area contributed by atoms with E-state index in [9.17, 15) is 9.90 Å². The third-order valence-corrected chi connectivity index (χ3v) is 8.82. The minimum atomic E-state index is -0.559. The van der Waals surface area contributed by atoms with Crippen LogP contribution in [0.25, 0.3) is 0 Å². The van der Waals surface area contributed by atoms with Gasteiger partial charge in [-0.1, -0.05) is 193 Å². The Kier molecular flexibility index (Phi) is 33.7. The molecule has 0 saturated heterocycles. The smallest absolute Gasteiger partial charge is 0.306 e. The van der Waals surface area contributed by atoms with Crippen molar-refractivity contribution in [3.05, 3.63) is 12.2 Å². The average molecular weight is 563 g/mol. The van der Waals surface area contributed by atoms with Gasteiger partial charge in [0.2, 0.25) is 0 Å².